The molecule has 3 amide bonds. The van der Waals surface area contributed by atoms with E-state index in [9.17, 15) is 14.4 Å². The van der Waals surface area contributed by atoms with Crippen LogP contribution in [0.15, 0.2) is 35.2 Å². The van der Waals surface area contributed by atoms with Crippen molar-refractivity contribution >= 4 is 46.0 Å². The number of amides is 3. The molecule has 1 heterocycles. The molecule has 8 heteroatoms. The van der Waals surface area contributed by atoms with Gasteiger partial charge < -0.3 is 10.1 Å². The molecule has 25 heavy (non-hydrogen) atoms. The van der Waals surface area contributed by atoms with Gasteiger partial charge in [-0.15, -0.1) is 23.1 Å². The number of carbonyl (C=O) groups excluding carboxylic acids is 3. The van der Waals surface area contributed by atoms with Crippen LogP contribution in [-0.2, 0) is 9.53 Å². The van der Waals surface area contributed by atoms with E-state index in [2.05, 4.69) is 15.4 Å². The molecule has 0 bridgehead atoms. The second-order valence-corrected chi connectivity index (χ2v) is 7.36. The number of hydrogen-bond acceptors (Lipinski definition) is 6. The first-order valence-corrected chi connectivity index (χ1v) is 9.19. The number of alkyl carbamates (subject to hydrolysis) is 1. The molecule has 2 aromatic rings. The molecule has 0 atom stereocenters. The highest BCUT2D eigenvalue weighted by Gasteiger charge is 2.22. The highest BCUT2D eigenvalue weighted by atomic mass is 32.2. The average Bonchev–Trinajstić information content (AvgIpc) is 2.87. The van der Waals surface area contributed by atoms with Crippen LogP contribution in [0.3, 0.4) is 0 Å². The van der Waals surface area contributed by atoms with Gasteiger partial charge in [-0.3, -0.25) is 14.9 Å². The minimum absolute atomic E-state index is 0.220. The summed E-state index contributed by atoms with van der Waals surface area (Å²) in [6, 6.07) is 9.57. The Morgan fingerprint density at radius 2 is 1.84 bits per heavy atom. The predicted octanol–water partition coefficient (Wildman–Crippen LogP) is 3.59. The highest BCUT2D eigenvalue weighted by molar-refractivity contribution is 8.00. The third-order valence-electron chi connectivity index (χ3n) is 3.38. The molecule has 0 spiro atoms. The van der Waals surface area contributed by atoms with Crippen LogP contribution < -0.4 is 10.6 Å². The molecule has 0 aliphatic heterocycles. The van der Waals surface area contributed by atoms with Gasteiger partial charge in [0.2, 0.25) is 5.91 Å². The van der Waals surface area contributed by atoms with Crippen LogP contribution in [0.2, 0.25) is 0 Å². The lowest BCUT2D eigenvalue weighted by atomic mass is 10.1. The summed E-state index contributed by atoms with van der Waals surface area (Å²) in [5, 5.41) is 5.31. The van der Waals surface area contributed by atoms with E-state index >= 15 is 0 Å². The van der Waals surface area contributed by atoms with Gasteiger partial charge >= 0.3 is 6.09 Å². The van der Waals surface area contributed by atoms with Crippen molar-refractivity contribution in [1.29, 1.82) is 0 Å². The molecule has 0 unspecified atom stereocenters. The molecular weight excluding hydrogens is 360 g/mol. The van der Waals surface area contributed by atoms with E-state index in [0.717, 1.165) is 15.3 Å². The Morgan fingerprint density at radius 3 is 2.48 bits per heavy atom. The number of benzene rings is 1. The molecular formula is C17H18N2O4S2. The molecule has 0 saturated heterocycles. The topological polar surface area (TPSA) is 84.5 Å². The number of ether oxygens (including phenoxy) is 1. The fourth-order valence-electron chi connectivity index (χ4n) is 2.02. The maximum Gasteiger partial charge on any atom is 0.413 e. The van der Waals surface area contributed by atoms with Gasteiger partial charge in [0.25, 0.3) is 5.91 Å². The normalized spacial score (nSPS) is 10.2. The Morgan fingerprint density at radius 1 is 1.16 bits per heavy atom. The van der Waals surface area contributed by atoms with Crippen molar-refractivity contribution in [3.63, 3.8) is 0 Å². The zero-order valence-corrected chi connectivity index (χ0v) is 15.7. The maximum absolute atomic E-state index is 12.3. The molecule has 0 aliphatic rings. The number of methoxy groups -OCH3 is 1. The lowest BCUT2D eigenvalue weighted by Gasteiger charge is -2.07. The van der Waals surface area contributed by atoms with Crippen molar-refractivity contribution in [1.82, 2.24) is 5.32 Å². The molecule has 6 nitrogen and oxygen atoms in total. The number of hydrogen-bond donors (Lipinski definition) is 2. The van der Waals surface area contributed by atoms with Crippen molar-refractivity contribution in [3.05, 3.63) is 46.3 Å². The number of imide groups is 1. The van der Waals surface area contributed by atoms with Crippen LogP contribution in [0.5, 0.6) is 0 Å². The Labute approximate surface area is 154 Å². The van der Waals surface area contributed by atoms with E-state index in [1.165, 1.54) is 30.2 Å². The number of thiophene rings is 1. The van der Waals surface area contributed by atoms with Gasteiger partial charge in [-0.05, 0) is 31.5 Å². The molecule has 132 valence electrons. The Bertz CT molecular complexity index is 787. The van der Waals surface area contributed by atoms with E-state index in [1.807, 2.05) is 37.3 Å². The van der Waals surface area contributed by atoms with Crippen molar-refractivity contribution in [2.75, 3.05) is 18.2 Å². The first-order chi connectivity index (χ1) is 11.9. The van der Waals surface area contributed by atoms with Crippen molar-refractivity contribution in [2.24, 2.45) is 0 Å². The average molecular weight is 378 g/mol. The van der Waals surface area contributed by atoms with Crippen molar-refractivity contribution < 1.29 is 19.1 Å². The molecule has 2 rings (SSSR count). The van der Waals surface area contributed by atoms with Crippen molar-refractivity contribution in [2.45, 2.75) is 18.7 Å². The smallest absolute Gasteiger partial charge is 0.413 e. The predicted molar refractivity (Wildman–Crippen MR) is 99.5 cm³/mol. The second-order valence-electron chi connectivity index (χ2n) is 5.08. The van der Waals surface area contributed by atoms with Crippen LogP contribution in [0, 0.1) is 13.8 Å². The number of anilines is 1. The zero-order chi connectivity index (χ0) is 18.4. The standard InChI is InChI=1S/C17H18N2O4S2/c1-10-11(2)25-16(14(10)15(21)19-17(22)23-3)18-13(20)9-24-12-7-5-4-6-8-12/h4-8H,9H2,1-3H3,(H,18,20)(H,19,21,22). The lowest BCUT2D eigenvalue weighted by molar-refractivity contribution is -0.113. The van der Waals surface area contributed by atoms with Crippen LogP contribution in [0.1, 0.15) is 20.8 Å². The molecule has 1 aromatic carbocycles. The van der Waals surface area contributed by atoms with Crippen LogP contribution in [0.4, 0.5) is 9.80 Å². The van der Waals surface area contributed by atoms with Crippen LogP contribution >= 0.6 is 23.1 Å². The molecule has 1 aromatic heterocycles. The monoisotopic (exact) mass is 378 g/mol. The molecule has 2 N–H and O–H groups in total. The van der Waals surface area contributed by atoms with Gasteiger partial charge in [0, 0.05) is 9.77 Å². The van der Waals surface area contributed by atoms with Crippen molar-refractivity contribution in [3.8, 4) is 0 Å². The Balaban J connectivity index is 2.08. The van der Waals surface area contributed by atoms with E-state index in [1.54, 1.807) is 6.92 Å². The zero-order valence-electron chi connectivity index (χ0n) is 14.0. The fourth-order valence-corrected chi connectivity index (χ4v) is 3.82. The van der Waals surface area contributed by atoms with Gasteiger partial charge in [0.15, 0.2) is 0 Å². The summed E-state index contributed by atoms with van der Waals surface area (Å²) in [5.41, 5.74) is 1.00. The van der Waals surface area contributed by atoms with E-state index in [0.29, 0.717) is 5.00 Å². The van der Waals surface area contributed by atoms with E-state index in [4.69, 9.17) is 0 Å². The molecule has 0 saturated carbocycles. The summed E-state index contributed by atoms with van der Waals surface area (Å²) in [6.45, 7) is 3.62. The first-order valence-electron chi connectivity index (χ1n) is 7.39. The van der Waals surface area contributed by atoms with E-state index < -0.39 is 12.0 Å². The third kappa shape index (κ3) is 5.07. The summed E-state index contributed by atoms with van der Waals surface area (Å²) >= 11 is 2.71. The number of thioether (sulfide) groups is 1. The summed E-state index contributed by atoms with van der Waals surface area (Å²) in [6.07, 6.45) is -0.842. The van der Waals surface area contributed by atoms with Gasteiger partial charge in [0.05, 0.1) is 18.4 Å². The Kier molecular flexibility index (Phi) is 6.60. The Hall–Kier alpha value is -2.32. The lowest BCUT2D eigenvalue weighted by Crippen LogP contribution is -2.31. The second kappa shape index (κ2) is 8.68. The molecule has 0 radical (unpaired) electrons. The summed E-state index contributed by atoms with van der Waals surface area (Å²) in [5.74, 6) is -0.597. The quantitative estimate of drug-likeness (QED) is 0.777. The van der Waals surface area contributed by atoms with Crippen LogP contribution in [-0.4, -0.2) is 30.8 Å². The van der Waals surface area contributed by atoms with Gasteiger partial charge in [-0.1, -0.05) is 18.2 Å². The summed E-state index contributed by atoms with van der Waals surface area (Å²) < 4.78 is 4.44. The van der Waals surface area contributed by atoms with Gasteiger partial charge in [-0.25, -0.2) is 4.79 Å². The number of nitrogens with one attached hydrogen (secondary N) is 2. The highest BCUT2D eigenvalue weighted by Crippen LogP contribution is 2.32. The number of rotatable bonds is 5. The SMILES string of the molecule is COC(=O)NC(=O)c1c(NC(=O)CSc2ccccc2)sc(C)c1C. The maximum atomic E-state index is 12.3. The number of carbonyl (C=O) groups is 3. The molecule has 0 fully saturated rings. The summed E-state index contributed by atoms with van der Waals surface area (Å²) in [7, 11) is 1.18. The number of aryl methyl sites for hydroxylation is 1. The van der Waals surface area contributed by atoms with Crippen LogP contribution in [0.25, 0.3) is 0 Å². The third-order valence-corrected chi connectivity index (χ3v) is 5.51. The largest absolute Gasteiger partial charge is 0.453 e. The minimum atomic E-state index is -0.842. The van der Waals surface area contributed by atoms with Gasteiger partial charge in [0.1, 0.15) is 5.00 Å². The molecule has 0 aliphatic carbocycles. The minimum Gasteiger partial charge on any atom is -0.453 e. The summed E-state index contributed by atoms with van der Waals surface area (Å²) in [4.78, 5) is 37.6. The first kappa shape index (κ1) is 19.0. The van der Waals surface area contributed by atoms with E-state index in [-0.39, 0.29) is 17.2 Å². The fraction of sp³-hybridized carbons (Fsp3) is 0.235. The van der Waals surface area contributed by atoms with Gasteiger partial charge in [-0.2, -0.15) is 0 Å².